The molecular formula is C17H24N2O5. The SMILES string of the molecule is CCCCC(=O)N1CCC(NC(=O)c2cc(O)c(O)c(O)c2)CC1. The van der Waals surface area contributed by atoms with Crippen molar-refractivity contribution in [2.24, 2.45) is 0 Å². The monoisotopic (exact) mass is 336 g/mol. The van der Waals surface area contributed by atoms with Crippen LogP contribution in [0, 0.1) is 0 Å². The molecule has 1 aliphatic heterocycles. The molecule has 0 radical (unpaired) electrons. The van der Waals surface area contributed by atoms with Crippen LogP contribution in [-0.2, 0) is 4.79 Å². The van der Waals surface area contributed by atoms with Crippen LogP contribution in [-0.4, -0.2) is 51.2 Å². The summed E-state index contributed by atoms with van der Waals surface area (Å²) in [5.74, 6) is -2.01. The highest BCUT2D eigenvalue weighted by atomic mass is 16.3. The Morgan fingerprint density at radius 3 is 2.29 bits per heavy atom. The van der Waals surface area contributed by atoms with Crippen molar-refractivity contribution in [1.82, 2.24) is 10.2 Å². The van der Waals surface area contributed by atoms with Gasteiger partial charge in [0, 0.05) is 31.1 Å². The lowest BCUT2D eigenvalue weighted by Crippen LogP contribution is -2.46. The molecule has 2 rings (SSSR count). The number of hydrogen-bond acceptors (Lipinski definition) is 5. The van der Waals surface area contributed by atoms with Gasteiger partial charge in [-0.3, -0.25) is 9.59 Å². The summed E-state index contributed by atoms with van der Waals surface area (Å²) < 4.78 is 0. The predicted octanol–water partition coefficient (Wildman–Crippen LogP) is 1.71. The number of hydrogen-bond donors (Lipinski definition) is 4. The van der Waals surface area contributed by atoms with Gasteiger partial charge < -0.3 is 25.5 Å². The van der Waals surface area contributed by atoms with Crippen molar-refractivity contribution < 1.29 is 24.9 Å². The third-order valence-electron chi connectivity index (χ3n) is 4.26. The molecule has 1 aromatic carbocycles. The van der Waals surface area contributed by atoms with Gasteiger partial charge in [0.05, 0.1) is 0 Å². The first kappa shape index (κ1) is 17.9. The van der Waals surface area contributed by atoms with E-state index in [0.29, 0.717) is 32.4 Å². The fourth-order valence-corrected chi connectivity index (χ4v) is 2.76. The van der Waals surface area contributed by atoms with Crippen LogP contribution in [0.15, 0.2) is 12.1 Å². The minimum absolute atomic E-state index is 0.0641. The molecule has 1 saturated heterocycles. The zero-order valence-corrected chi connectivity index (χ0v) is 13.8. The smallest absolute Gasteiger partial charge is 0.251 e. The molecule has 0 aliphatic carbocycles. The minimum atomic E-state index is -0.648. The number of benzene rings is 1. The van der Waals surface area contributed by atoms with E-state index < -0.39 is 23.2 Å². The summed E-state index contributed by atoms with van der Waals surface area (Å²) >= 11 is 0. The third-order valence-corrected chi connectivity index (χ3v) is 4.26. The third kappa shape index (κ3) is 4.31. The van der Waals surface area contributed by atoms with E-state index in [2.05, 4.69) is 5.32 Å². The van der Waals surface area contributed by atoms with Gasteiger partial charge in [0.15, 0.2) is 17.2 Å². The maximum atomic E-state index is 12.2. The van der Waals surface area contributed by atoms with Crippen LogP contribution in [0.3, 0.4) is 0 Å². The molecule has 2 amide bonds. The summed E-state index contributed by atoms with van der Waals surface area (Å²) in [5, 5.41) is 31.1. The molecule has 0 bridgehead atoms. The molecule has 0 aromatic heterocycles. The summed E-state index contributed by atoms with van der Waals surface area (Å²) in [4.78, 5) is 26.0. The molecule has 24 heavy (non-hydrogen) atoms. The van der Waals surface area contributed by atoms with E-state index in [0.717, 1.165) is 25.0 Å². The Balaban J connectivity index is 1.87. The number of carbonyl (C=O) groups is 2. The van der Waals surface area contributed by atoms with Crippen molar-refractivity contribution >= 4 is 11.8 Å². The number of piperidine rings is 1. The molecule has 1 aliphatic rings. The first-order valence-electron chi connectivity index (χ1n) is 8.26. The maximum Gasteiger partial charge on any atom is 0.251 e. The summed E-state index contributed by atoms with van der Waals surface area (Å²) in [7, 11) is 0. The zero-order chi connectivity index (χ0) is 17.7. The Hall–Kier alpha value is -2.44. The van der Waals surface area contributed by atoms with Crippen LogP contribution in [0.25, 0.3) is 0 Å². The van der Waals surface area contributed by atoms with Gasteiger partial charge in [0.25, 0.3) is 5.91 Å². The first-order chi connectivity index (χ1) is 11.4. The van der Waals surface area contributed by atoms with Gasteiger partial charge in [-0.25, -0.2) is 0 Å². The average molecular weight is 336 g/mol. The molecule has 0 atom stereocenters. The number of likely N-dealkylation sites (tertiary alicyclic amines) is 1. The summed E-state index contributed by atoms with van der Waals surface area (Å²) in [6, 6.07) is 2.15. The van der Waals surface area contributed by atoms with E-state index >= 15 is 0 Å². The Bertz CT molecular complexity index is 586. The molecule has 0 unspecified atom stereocenters. The van der Waals surface area contributed by atoms with Crippen molar-refractivity contribution in [2.45, 2.75) is 45.1 Å². The standard InChI is InChI=1S/C17H24N2O5/c1-2-3-4-15(22)19-7-5-12(6-8-19)18-17(24)11-9-13(20)16(23)14(21)10-11/h9-10,12,20-21,23H,2-8H2,1H3,(H,18,24). The first-order valence-corrected chi connectivity index (χ1v) is 8.26. The number of phenols is 3. The van der Waals surface area contributed by atoms with E-state index in [-0.39, 0.29) is 17.5 Å². The number of phenolic OH excluding ortho intramolecular Hbond substituents is 3. The molecule has 4 N–H and O–H groups in total. The molecule has 1 aromatic rings. The number of carbonyl (C=O) groups excluding carboxylic acids is 2. The highest BCUT2D eigenvalue weighted by Crippen LogP contribution is 2.35. The maximum absolute atomic E-state index is 12.2. The highest BCUT2D eigenvalue weighted by molar-refractivity contribution is 5.95. The van der Waals surface area contributed by atoms with Crippen LogP contribution >= 0.6 is 0 Å². The quantitative estimate of drug-likeness (QED) is 0.612. The molecular weight excluding hydrogens is 312 g/mol. The second-order valence-corrected chi connectivity index (χ2v) is 6.10. The van der Waals surface area contributed by atoms with Crippen LogP contribution < -0.4 is 5.32 Å². The van der Waals surface area contributed by atoms with Gasteiger partial charge in [-0.2, -0.15) is 0 Å². The van der Waals surface area contributed by atoms with Crippen molar-refractivity contribution in [3.05, 3.63) is 17.7 Å². The summed E-state index contributed by atoms with van der Waals surface area (Å²) in [5.41, 5.74) is 0.0734. The molecule has 0 saturated carbocycles. The Labute approximate surface area is 140 Å². The largest absolute Gasteiger partial charge is 0.504 e. The average Bonchev–Trinajstić information content (AvgIpc) is 2.57. The van der Waals surface area contributed by atoms with E-state index in [1.807, 2.05) is 11.8 Å². The fourth-order valence-electron chi connectivity index (χ4n) is 2.76. The normalized spacial score (nSPS) is 15.3. The Morgan fingerprint density at radius 2 is 1.75 bits per heavy atom. The lowest BCUT2D eigenvalue weighted by molar-refractivity contribution is -0.132. The predicted molar refractivity (Wildman–Crippen MR) is 88.0 cm³/mol. The molecule has 7 nitrogen and oxygen atoms in total. The number of aromatic hydroxyl groups is 3. The minimum Gasteiger partial charge on any atom is -0.504 e. The fraction of sp³-hybridized carbons (Fsp3) is 0.529. The van der Waals surface area contributed by atoms with E-state index in [9.17, 15) is 24.9 Å². The second kappa shape index (κ2) is 7.90. The summed E-state index contributed by atoms with van der Waals surface area (Å²) in [6.45, 7) is 3.27. The topological polar surface area (TPSA) is 110 Å². The van der Waals surface area contributed by atoms with Crippen LogP contribution in [0.1, 0.15) is 49.4 Å². The van der Waals surface area contributed by atoms with Crippen molar-refractivity contribution in [3.63, 3.8) is 0 Å². The van der Waals surface area contributed by atoms with E-state index in [1.54, 1.807) is 0 Å². The molecule has 1 fully saturated rings. The molecule has 0 spiro atoms. The van der Waals surface area contributed by atoms with Gasteiger partial charge in [-0.15, -0.1) is 0 Å². The van der Waals surface area contributed by atoms with Gasteiger partial charge in [-0.05, 0) is 31.4 Å². The lowest BCUT2D eigenvalue weighted by atomic mass is 10.0. The highest BCUT2D eigenvalue weighted by Gasteiger charge is 2.24. The van der Waals surface area contributed by atoms with E-state index in [4.69, 9.17) is 0 Å². The van der Waals surface area contributed by atoms with Gasteiger partial charge in [0.1, 0.15) is 0 Å². The summed E-state index contributed by atoms with van der Waals surface area (Å²) in [6.07, 6.45) is 3.78. The number of unbranched alkanes of at least 4 members (excludes halogenated alkanes) is 1. The van der Waals surface area contributed by atoms with Crippen LogP contribution in [0.4, 0.5) is 0 Å². The number of nitrogens with zero attached hydrogens (tertiary/aromatic N) is 1. The zero-order valence-electron chi connectivity index (χ0n) is 13.8. The van der Waals surface area contributed by atoms with Crippen LogP contribution in [0.5, 0.6) is 17.2 Å². The number of nitrogens with one attached hydrogen (secondary N) is 1. The second-order valence-electron chi connectivity index (χ2n) is 6.10. The number of amides is 2. The van der Waals surface area contributed by atoms with Gasteiger partial charge in [0.2, 0.25) is 5.91 Å². The Kier molecular flexibility index (Phi) is 5.89. The van der Waals surface area contributed by atoms with Crippen LogP contribution in [0.2, 0.25) is 0 Å². The number of rotatable bonds is 5. The molecule has 132 valence electrons. The van der Waals surface area contributed by atoms with Gasteiger partial charge >= 0.3 is 0 Å². The van der Waals surface area contributed by atoms with Gasteiger partial charge in [-0.1, -0.05) is 13.3 Å². The molecule has 7 heteroatoms. The van der Waals surface area contributed by atoms with E-state index in [1.165, 1.54) is 0 Å². The lowest BCUT2D eigenvalue weighted by Gasteiger charge is -2.32. The Morgan fingerprint density at radius 1 is 1.17 bits per heavy atom. The van der Waals surface area contributed by atoms with Crippen molar-refractivity contribution in [3.8, 4) is 17.2 Å². The van der Waals surface area contributed by atoms with Crippen molar-refractivity contribution in [2.75, 3.05) is 13.1 Å². The molecule has 1 heterocycles. The van der Waals surface area contributed by atoms with Crippen molar-refractivity contribution in [1.29, 1.82) is 0 Å².